The summed E-state index contributed by atoms with van der Waals surface area (Å²) in [5.74, 6) is 1.17. The highest BCUT2D eigenvalue weighted by Crippen LogP contribution is 2.24. The number of amides is 1. The maximum Gasteiger partial charge on any atom is 0.224 e. The van der Waals surface area contributed by atoms with Gasteiger partial charge in [-0.05, 0) is 68.7 Å². The van der Waals surface area contributed by atoms with Gasteiger partial charge in [0.15, 0.2) is 0 Å². The van der Waals surface area contributed by atoms with Crippen LogP contribution in [0, 0.1) is 5.92 Å². The van der Waals surface area contributed by atoms with Crippen LogP contribution in [0.2, 0.25) is 0 Å². The molecule has 1 unspecified atom stereocenters. The van der Waals surface area contributed by atoms with E-state index in [0.29, 0.717) is 24.9 Å². The Labute approximate surface area is 158 Å². The third-order valence-electron chi connectivity index (χ3n) is 6.10. The first-order valence-corrected chi connectivity index (χ1v) is 10.6. The van der Waals surface area contributed by atoms with Crippen molar-refractivity contribution in [2.24, 2.45) is 5.92 Å². The molecule has 2 heterocycles. The minimum absolute atomic E-state index is 0.308. The quantitative estimate of drug-likeness (QED) is 0.813. The van der Waals surface area contributed by atoms with Crippen LogP contribution in [0.4, 0.5) is 11.4 Å². The highest BCUT2D eigenvalue weighted by Gasteiger charge is 2.24. The Hall–Kier alpha value is -1.71. The lowest BCUT2D eigenvalue weighted by molar-refractivity contribution is -0.134. The number of likely N-dealkylation sites (tertiary alicyclic amines) is 1. The van der Waals surface area contributed by atoms with Crippen molar-refractivity contribution in [2.75, 3.05) is 36.4 Å². The van der Waals surface area contributed by atoms with Gasteiger partial charge in [-0.15, -0.1) is 0 Å². The lowest BCUT2D eigenvalue weighted by Crippen LogP contribution is -2.43. The van der Waals surface area contributed by atoms with Crippen molar-refractivity contribution < 1.29 is 4.79 Å². The number of hydrogen-bond acceptors (Lipinski definition) is 3. The minimum Gasteiger partial charge on any atom is -0.385 e. The van der Waals surface area contributed by atoms with Gasteiger partial charge in [-0.25, -0.2) is 0 Å². The summed E-state index contributed by atoms with van der Waals surface area (Å²) in [5.41, 5.74) is 2.43. The summed E-state index contributed by atoms with van der Waals surface area (Å²) in [7, 11) is 0. The molecular formula is C22H35N3O. The maximum absolute atomic E-state index is 12.5. The second kappa shape index (κ2) is 9.29. The normalized spacial score (nSPS) is 21.7. The molecule has 0 bridgehead atoms. The molecule has 2 saturated heterocycles. The Morgan fingerprint density at radius 2 is 1.81 bits per heavy atom. The van der Waals surface area contributed by atoms with Crippen molar-refractivity contribution in [2.45, 2.75) is 64.8 Å². The van der Waals surface area contributed by atoms with Gasteiger partial charge in [-0.1, -0.05) is 13.8 Å². The van der Waals surface area contributed by atoms with E-state index in [9.17, 15) is 4.79 Å². The first kappa shape index (κ1) is 19.1. The molecule has 1 aromatic rings. The van der Waals surface area contributed by atoms with Gasteiger partial charge in [0.1, 0.15) is 0 Å². The van der Waals surface area contributed by atoms with Crippen LogP contribution >= 0.6 is 0 Å². The number of nitrogens with one attached hydrogen (secondary N) is 1. The SMILES string of the molecule is CCC1CCCCN1C(=O)CCNc1ccc(N2CCC(C)CC2)cc1. The number of piperidine rings is 2. The van der Waals surface area contributed by atoms with Gasteiger partial charge in [0.05, 0.1) is 0 Å². The molecule has 1 N–H and O–H groups in total. The number of rotatable bonds is 6. The van der Waals surface area contributed by atoms with Crippen molar-refractivity contribution in [1.82, 2.24) is 4.90 Å². The van der Waals surface area contributed by atoms with E-state index in [4.69, 9.17) is 0 Å². The lowest BCUT2D eigenvalue weighted by Gasteiger charge is -2.35. The van der Waals surface area contributed by atoms with Gasteiger partial charge < -0.3 is 15.1 Å². The first-order chi connectivity index (χ1) is 12.7. The molecule has 0 radical (unpaired) electrons. The zero-order chi connectivity index (χ0) is 18.4. The molecule has 2 aliphatic heterocycles. The molecule has 4 heteroatoms. The van der Waals surface area contributed by atoms with Gasteiger partial charge in [-0.3, -0.25) is 4.79 Å². The zero-order valence-electron chi connectivity index (χ0n) is 16.5. The van der Waals surface area contributed by atoms with E-state index >= 15 is 0 Å². The van der Waals surface area contributed by atoms with Crippen molar-refractivity contribution in [3.8, 4) is 0 Å². The molecule has 2 fully saturated rings. The number of nitrogens with zero attached hydrogens (tertiary/aromatic N) is 2. The van der Waals surface area contributed by atoms with Crippen LogP contribution in [-0.4, -0.2) is 43.0 Å². The predicted octanol–water partition coefficient (Wildman–Crippen LogP) is 4.52. The summed E-state index contributed by atoms with van der Waals surface area (Å²) in [6, 6.07) is 9.17. The molecule has 4 nitrogen and oxygen atoms in total. The van der Waals surface area contributed by atoms with Crippen molar-refractivity contribution in [1.29, 1.82) is 0 Å². The van der Waals surface area contributed by atoms with Crippen LogP contribution in [-0.2, 0) is 4.79 Å². The van der Waals surface area contributed by atoms with E-state index in [-0.39, 0.29) is 0 Å². The Balaban J connectivity index is 1.44. The van der Waals surface area contributed by atoms with E-state index < -0.39 is 0 Å². The molecular weight excluding hydrogens is 322 g/mol. The fraction of sp³-hybridized carbons (Fsp3) is 0.682. The fourth-order valence-electron chi connectivity index (χ4n) is 4.27. The number of benzene rings is 1. The van der Waals surface area contributed by atoms with E-state index in [2.05, 4.69) is 53.2 Å². The van der Waals surface area contributed by atoms with Gasteiger partial charge in [0, 0.05) is 50.0 Å². The molecule has 0 spiro atoms. The van der Waals surface area contributed by atoms with Gasteiger partial charge in [0.25, 0.3) is 0 Å². The third-order valence-corrected chi connectivity index (χ3v) is 6.10. The summed E-state index contributed by atoms with van der Waals surface area (Å²) in [6.45, 7) is 8.53. The molecule has 0 saturated carbocycles. The number of carbonyl (C=O) groups excluding carboxylic acids is 1. The van der Waals surface area contributed by atoms with Crippen LogP contribution in [0.1, 0.15) is 58.8 Å². The van der Waals surface area contributed by atoms with Gasteiger partial charge in [-0.2, -0.15) is 0 Å². The molecule has 26 heavy (non-hydrogen) atoms. The van der Waals surface area contributed by atoms with Gasteiger partial charge in [0.2, 0.25) is 5.91 Å². The van der Waals surface area contributed by atoms with E-state index in [0.717, 1.165) is 44.1 Å². The van der Waals surface area contributed by atoms with Crippen molar-refractivity contribution in [3.63, 3.8) is 0 Å². The number of anilines is 2. The predicted molar refractivity (Wildman–Crippen MR) is 110 cm³/mol. The molecule has 144 valence electrons. The van der Waals surface area contributed by atoms with Crippen molar-refractivity contribution in [3.05, 3.63) is 24.3 Å². The Kier molecular flexibility index (Phi) is 6.81. The highest BCUT2D eigenvalue weighted by atomic mass is 16.2. The molecule has 3 rings (SSSR count). The summed E-state index contributed by atoms with van der Waals surface area (Å²) in [5, 5.41) is 3.42. The molecule has 0 aromatic heterocycles. The third kappa shape index (κ3) is 4.93. The average Bonchev–Trinajstić information content (AvgIpc) is 2.69. The second-order valence-corrected chi connectivity index (χ2v) is 8.04. The van der Waals surface area contributed by atoms with E-state index in [1.807, 2.05) is 0 Å². The smallest absolute Gasteiger partial charge is 0.224 e. The summed E-state index contributed by atoms with van der Waals surface area (Å²) in [4.78, 5) is 17.1. The average molecular weight is 358 g/mol. The fourth-order valence-corrected chi connectivity index (χ4v) is 4.27. The molecule has 0 aliphatic carbocycles. The largest absolute Gasteiger partial charge is 0.385 e. The Bertz CT molecular complexity index is 563. The monoisotopic (exact) mass is 357 g/mol. The topological polar surface area (TPSA) is 35.6 Å². The molecule has 2 aliphatic rings. The van der Waals surface area contributed by atoms with Crippen LogP contribution in [0.15, 0.2) is 24.3 Å². The van der Waals surface area contributed by atoms with Crippen LogP contribution in [0.3, 0.4) is 0 Å². The highest BCUT2D eigenvalue weighted by molar-refractivity contribution is 5.77. The Morgan fingerprint density at radius 1 is 1.08 bits per heavy atom. The van der Waals surface area contributed by atoms with Crippen LogP contribution < -0.4 is 10.2 Å². The second-order valence-electron chi connectivity index (χ2n) is 8.04. The summed E-state index contributed by atoms with van der Waals surface area (Å²) in [6.07, 6.45) is 7.84. The minimum atomic E-state index is 0.308. The maximum atomic E-state index is 12.5. The lowest BCUT2D eigenvalue weighted by atomic mass is 9.99. The Morgan fingerprint density at radius 3 is 2.50 bits per heavy atom. The first-order valence-electron chi connectivity index (χ1n) is 10.6. The molecule has 1 amide bonds. The molecule has 1 aromatic carbocycles. The molecule has 1 atom stereocenters. The van der Waals surface area contributed by atoms with E-state index in [1.54, 1.807) is 0 Å². The van der Waals surface area contributed by atoms with Gasteiger partial charge >= 0.3 is 0 Å². The summed E-state index contributed by atoms with van der Waals surface area (Å²) < 4.78 is 0. The van der Waals surface area contributed by atoms with E-state index in [1.165, 1.54) is 31.4 Å². The standard InChI is InChI=1S/C22H35N3O/c1-3-20-6-4-5-15-25(20)22(26)11-14-23-19-7-9-21(10-8-19)24-16-12-18(2)13-17-24/h7-10,18,20,23H,3-6,11-17H2,1-2H3. The number of hydrogen-bond donors (Lipinski definition) is 1. The van der Waals surface area contributed by atoms with Crippen molar-refractivity contribution >= 4 is 17.3 Å². The summed E-state index contributed by atoms with van der Waals surface area (Å²) >= 11 is 0. The van der Waals surface area contributed by atoms with Crippen LogP contribution in [0.5, 0.6) is 0 Å². The van der Waals surface area contributed by atoms with Crippen LogP contribution in [0.25, 0.3) is 0 Å². The number of carbonyl (C=O) groups is 1. The zero-order valence-corrected chi connectivity index (χ0v) is 16.5.